The zero-order valence-corrected chi connectivity index (χ0v) is 11.3. The molecule has 0 aromatic carbocycles. The van der Waals surface area contributed by atoms with E-state index in [2.05, 4.69) is 38.0 Å². The standard InChI is InChI=1S/C13H28N2O/c1-5-16-10-13(11(2)3)15-8-6-7-12(9-15)14-4/h11-14H,5-10H2,1-4H3. The Morgan fingerprint density at radius 3 is 2.75 bits per heavy atom. The van der Waals surface area contributed by atoms with Crippen LogP contribution >= 0.6 is 0 Å². The molecule has 0 spiro atoms. The highest BCUT2D eigenvalue weighted by molar-refractivity contribution is 4.83. The minimum Gasteiger partial charge on any atom is -0.380 e. The van der Waals surface area contributed by atoms with Gasteiger partial charge >= 0.3 is 0 Å². The minimum atomic E-state index is 0.580. The molecule has 0 amide bonds. The van der Waals surface area contributed by atoms with Gasteiger partial charge in [0.15, 0.2) is 0 Å². The molecule has 1 saturated heterocycles. The second-order valence-electron chi connectivity index (χ2n) is 5.09. The molecule has 1 rings (SSSR count). The van der Waals surface area contributed by atoms with Gasteiger partial charge in [-0.25, -0.2) is 0 Å². The lowest BCUT2D eigenvalue weighted by atomic mass is 9.98. The van der Waals surface area contributed by atoms with E-state index < -0.39 is 0 Å². The Hall–Kier alpha value is -0.120. The predicted molar refractivity (Wildman–Crippen MR) is 68.8 cm³/mol. The Labute approximate surface area is 101 Å². The topological polar surface area (TPSA) is 24.5 Å². The summed E-state index contributed by atoms with van der Waals surface area (Å²) in [6.07, 6.45) is 2.62. The number of hydrogen-bond donors (Lipinski definition) is 1. The van der Waals surface area contributed by atoms with Crippen molar-refractivity contribution < 1.29 is 4.74 Å². The molecule has 1 heterocycles. The SMILES string of the molecule is CCOCC(C(C)C)N1CCCC(NC)C1. The van der Waals surface area contributed by atoms with Crippen LogP contribution in [-0.4, -0.2) is 50.3 Å². The van der Waals surface area contributed by atoms with Gasteiger partial charge in [-0.2, -0.15) is 0 Å². The quantitative estimate of drug-likeness (QED) is 0.749. The van der Waals surface area contributed by atoms with Gasteiger partial charge in [-0.3, -0.25) is 4.90 Å². The van der Waals surface area contributed by atoms with Crippen LogP contribution in [0.25, 0.3) is 0 Å². The number of hydrogen-bond acceptors (Lipinski definition) is 3. The molecule has 0 aromatic rings. The lowest BCUT2D eigenvalue weighted by molar-refractivity contribution is 0.0283. The van der Waals surface area contributed by atoms with Gasteiger partial charge < -0.3 is 10.1 Å². The highest BCUT2D eigenvalue weighted by atomic mass is 16.5. The van der Waals surface area contributed by atoms with Crippen molar-refractivity contribution in [1.29, 1.82) is 0 Å². The van der Waals surface area contributed by atoms with Crippen molar-refractivity contribution in [3.8, 4) is 0 Å². The fourth-order valence-corrected chi connectivity index (χ4v) is 2.50. The van der Waals surface area contributed by atoms with E-state index in [1.807, 2.05) is 0 Å². The van der Waals surface area contributed by atoms with E-state index in [0.29, 0.717) is 18.0 Å². The van der Waals surface area contributed by atoms with E-state index in [1.165, 1.54) is 25.9 Å². The summed E-state index contributed by atoms with van der Waals surface area (Å²) in [6.45, 7) is 10.8. The number of nitrogens with one attached hydrogen (secondary N) is 1. The first kappa shape index (κ1) is 13.9. The van der Waals surface area contributed by atoms with Crippen molar-refractivity contribution in [2.24, 2.45) is 5.92 Å². The van der Waals surface area contributed by atoms with Gasteiger partial charge in [0.25, 0.3) is 0 Å². The molecular formula is C13H28N2O. The van der Waals surface area contributed by atoms with Gasteiger partial charge in [0.05, 0.1) is 6.61 Å². The zero-order chi connectivity index (χ0) is 12.0. The second-order valence-corrected chi connectivity index (χ2v) is 5.09. The Morgan fingerprint density at radius 2 is 2.19 bits per heavy atom. The molecule has 2 atom stereocenters. The van der Waals surface area contributed by atoms with Crippen LogP contribution in [0.2, 0.25) is 0 Å². The summed E-state index contributed by atoms with van der Waals surface area (Å²) in [5.41, 5.74) is 0. The second kappa shape index (κ2) is 7.25. The Bertz CT molecular complexity index is 185. The van der Waals surface area contributed by atoms with Gasteiger partial charge in [0, 0.05) is 25.2 Å². The highest BCUT2D eigenvalue weighted by Gasteiger charge is 2.26. The molecule has 3 nitrogen and oxygen atoms in total. The molecule has 1 fully saturated rings. The van der Waals surface area contributed by atoms with Crippen molar-refractivity contribution in [3.05, 3.63) is 0 Å². The molecular weight excluding hydrogens is 200 g/mol. The van der Waals surface area contributed by atoms with E-state index in [1.54, 1.807) is 0 Å². The molecule has 16 heavy (non-hydrogen) atoms. The third-order valence-electron chi connectivity index (χ3n) is 3.59. The van der Waals surface area contributed by atoms with Crippen LogP contribution in [0.1, 0.15) is 33.6 Å². The van der Waals surface area contributed by atoms with Crippen molar-refractivity contribution in [2.75, 3.05) is 33.4 Å². The molecule has 0 aliphatic carbocycles. The molecule has 1 aliphatic heterocycles. The first-order chi connectivity index (χ1) is 7.69. The summed E-state index contributed by atoms with van der Waals surface area (Å²) >= 11 is 0. The maximum atomic E-state index is 5.62. The lowest BCUT2D eigenvalue weighted by Gasteiger charge is -2.40. The van der Waals surface area contributed by atoms with Crippen LogP contribution in [0.5, 0.6) is 0 Å². The van der Waals surface area contributed by atoms with Crippen LogP contribution in [0.3, 0.4) is 0 Å². The van der Waals surface area contributed by atoms with E-state index in [0.717, 1.165) is 13.2 Å². The average molecular weight is 228 g/mol. The highest BCUT2D eigenvalue weighted by Crippen LogP contribution is 2.18. The smallest absolute Gasteiger partial charge is 0.0624 e. The number of likely N-dealkylation sites (N-methyl/N-ethyl adjacent to an activating group) is 1. The fraction of sp³-hybridized carbons (Fsp3) is 1.00. The van der Waals surface area contributed by atoms with Gasteiger partial charge in [-0.1, -0.05) is 13.8 Å². The number of ether oxygens (including phenoxy) is 1. The van der Waals surface area contributed by atoms with E-state index in [4.69, 9.17) is 4.74 Å². The van der Waals surface area contributed by atoms with E-state index >= 15 is 0 Å². The predicted octanol–water partition coefficient (Wildman–Crippen LogP) is 1.73. The largest absolute Gasteiger partial charge is 0.380 e. The maximum Gasteiger partial charge on any atom is 0.0624 e. The van der Waals surface area contributed by atoms with Crippen LogP contribution in [0, 0.1) is 5.92 Å². The molecule has 96 valence electrons. The van der Waals surface area contributed by atoms with Gasteiger partial charge in [0.2, 0.25) is 0 Å². The maximum absolute atomic E-state index is 5.62. The Morgan fingerprint density at radius 1 is 1.44 bits per heavy atom. The van der Waals surface area contributed by atoms with Crippen LogP contribution in [-0.2, 0) is 4.74 Å². The first-order valence-corrected chi connectivity index (χ1v) is 6.68. The molecule has 2 unspecified atom stereocenters. The van der Waals surface area contributed by atoms with Crippen molar-refractivity contribution in [1.82, 2.24) is 10.2 Å². The van der Waals surface area contributed by atoms with Crippen LogP contribution in [0.4, 0.5) is 0 Å². The molecule has 0 aromatic heterocycles. The van der Waals surface area contributed by atoms with Crippen molar-refractivity contribution in [3.63, 3.8) is 0 Å². The number of likely N-dealkylation sites (tertiary alicyclic amines) is 1. The van der Waals surface area contributed by atoms with Crippen molar-refractivity contribution in [2.45, 2.75) is 45.7 Å². The summed E-state index contributed by atoms with van der Waals surface area (Å²) < 4.78 is 5.62. The fourth-order valence-electron chi connectivity index (χ4n) is 2.50. The first-order valence-electron chi connectivity index (χ1n) is 6.68. The molecule has 3 heteroatoms. The molecule has 0 radical (unpaired) electrons. The summed E-state index contributed by atoms with van der Waals surface area (Å²) in [5.74, 6) is 0.669. The lowest BCUT2D eigenvalue weighted by Crippen LogP contribution is -2.51. The van der Waals surface area contributed by atoms with E-state index in [9.17, 15) is 0 Å². The zero-order valence-electron chi connectivity index (χ0n) is 11.3. The molecule has 0 bridgehead atoms. The van der Waals surface area contributed by atoms with Gasteiger partial charge in [0.1, 0.15) is 0 Å². The summed E-state index contributed by atoms with van der Waals surface area (Å²) in [7, 11) is 2.07. The Kier molecular flexibility index (Phi) is 6.32. The normalized spacial score (nSPS) is 24.9. The monoisotopic (exact) mass is 228 g/mol. The number of rotatable bonds is 6. The summed E-state index contributed by atoms with van der Waals surface area (Å²) in [5, 5.41) is 3.40. The molecule has 1 aliphatic rings. The molecule has 1 N–H and O–H groups in total. The molecule has 0 saturated carbocycles. The Balaban J connectivity index is 2.48. The van der Waals surface area contributed by atoms with Crippen LogP contribution in [0.15, 0.2) is 0 Å². The van der Waals surface area contributed by atoms with Crippen molar-refractivity contribution >= 4 is 0 Å². The van der Waals surface area contributed by atoms with Gasteiger partial charge in [-0.05, 0) is 39.3 Å². The number of nitrogens with zero attached hydrogens (tertiary/aromatic N) is 1. The van der Waals surface area contributed by atoms with Gasteiger partial charge in [-0.15, -0.1) is 0 Å². The van der Waals surface area contributed by atoms with E-state index in [-0.39, 0.29) is 0 Å². The van der Waals surface area contributed by atoms with Crippen LogP contribution < -0.4 is 5.32 Å². The third kappa shape index (κ3) is 4.04. The average Bonchev–Trinajstić information content (AvgIpc) is 2.29. The minimum absolute atomic E-state index is 0.580. The summed E-state index contributed by atoms with van der Waals surface area (Å²) in [6, 6.07) is 1.24. The number of piperidine rings is 1. The summed E-state index contributed by atoms with van der Waals surface area (Å²) in [4.78, 5) is 2.60. The third-order valence-corrected chi connectivity index (χ3v) is 3.59.